The summed E-state index contributed by atoms with van der Waals surface area (Å²) < 4.78 is 2.82. The average Bonchev–Trinajstić information content (AvgIpc) is 3.23. The van der Waals surface area contributed by atoms with Crippen molar-refractivity contribution in [3.05, 3.63) is 100 Å². The van der Waals surface area contributed by atoms with Crippen LogP contribution in [-0.4, -0.2) is 0 Å². The largest absolute Gasteiger partial charge is 0.219 e. The first-order valence-electron chi connectivity index (χ1n) is 15.8. The Balaban J connectivity index is 1.69. The van der Waals surface area contributed by atoms with E-state index in [4.69, 9.17) is 0 Å². The molecule has 0 saturated carbocycles. The molecule has 1 aliphatic heterocycles. The van der Waals surface area contributed by atoms with Gasteiger partial charge in [0.25, 0.3) is 0 Å². The summed E-state index contributed by atoms with van der Waals surface area (Å²) >= 11 is 0. The van der Waals surface area contributed by atoms with Crippen molar-refractivity contribution in [3.8, 4) is 11.3 Å². The van der Waals surface area contributed by atoms with Gasteiger partial charge in [0.1, 0.15) is 0 Å². The van der Waals surface area contributed by atoms with Gasteiger partial charge in [-0.3, -0.25) is 0 Å². The molecule has 3 aliphatic rings. The molecule has 0 bridgehead atoms. The zero-order valence-corrected chi connectivity index (χ0v) is 25.5. The predicted octanol–water partition coefficient (Wildman–Crippen LogP) is 10.1. The van der Waals surface area contributed by atoms with Crippen molar-refractivity contribution in [1.82, 2.24) is 0 Å². The quantitative estimate of drug-likeness (QED) is 0.220. The second kappa shape index (κ2) is 8.90. The minimum atomic E-state index is -0.209. The summed E-state index contributed by atoms with van der Waals surface area (Å²) in [5, 5.41) is 4.25. The van der Waals surface area contributed by atoms with Crippen LogP contribution in [0, 0.1) is 18.8 Å². The van der Waals surface area contributed by atoms with Crippen LogP contribution in [-0.2, 0) is 11.0 Å². The molecule has 2 heterocycles. The maximum absolute atomic E-state index is 2.82. The Labute approximate surface area is 240 Å². The summed E-state index contributed by atoms with van der Waals surface area (Å²) in [6, 6.07) is 21.4. The fourth-order valence-corrected chi connectivity index (χ4v) is 8.74. The van der Waals surface area contributed by atoms with E-state index in [-0.39, 0.29) is 11.0 Å². The molecule has 0 amide bonds. The lowest BCUT2D eigenvalue weighted by atomic mass is 9.68. The van der Waals surface area contributed by atoms with Crippen molar-refractivity contribution in [3.63, 3.8) is 0 Å². The lowest BCUT2D eigenvalue weighted by Crippen LogP contribution is -2.56. The second-order valence-corrected chi connectivity index (χ2v) is 13.3. The van der Waals surface area contributed by atoms with Crippen LogP contribution in [0.4, 0.5) is 0 Å². The Hall–Kier alpha value is -3.19. The molecule has 40 heavy (non-hydrogen) atoms. The number of fused-ring (bicyclic) bond motifs is 4. The van der Waals surface area contributed by atoms with Gasteiger partial charge in [-0.2, -0.15) is 4.57 Å². The fraction of sp³-hybridized carbons (Fsp3) is 0.410. The lowest BCUT2D eigenvalue weighted by Gasteiger charge is -2.34. The first kappa shape index (κ1) is 25.8. The van der Waals surface area contributed by atoms with Gasteiger partial charge in [-0.05, 0) is 78.7 Å². The number of aryl methyl sites for hydroxylation is 1. The van der Waals surface area contributed by atoms with Gasteiger partial charge in [-0.25, -0.2) is 0 Å². The molecule has 204 valence electrons. The molecular formula is C39H44N+. The van der Waals surface area contributed by atoms with Crippen molar-refractivity contribution in [2.75, 3.05) is 0 Å². The van der Waals surface area contributed by atoms with Crippen molar-refractivity contribution < 1.29 is 4.57 Å². The van der Waals surface area contributed by atoms with Gasteiger partial charge in [0.15, 0.2) is 0 Å². The van der Waals surface area contributed by atoms with Crippen molar-refractivity contribution in [1.29, 1.82) is 0 Å². The van der Waals surface area contributed by atoms with Gasteiger partial charge >= 0.3 is 0 Å². The molecule has 2 aliphatic carbocycles. The Bertz CT molecular complexity index is 1760. The van der Waals surface area contributed by atoms with E-state index in [0.29, 0.717) is 11.8 Å². The summed E-state index contributed by atoms with van der Waals surface area (Å²) in [7, 11) is 0. The molecule has 1 spiro atoms. The third-order valence-corrected chi connectivity index (χ3v) is 11.0. The number of benzene rings is 3. The average molecular weight is 527 g/mol. The standard InChI is InChI=1S/C39H44N/c1-8-25(9-2)28-20-29(26(10-3)11-4)23-39(22-28)32-19-18-27-15-13-16-31-35(27)36(32)37-33(38(31,6)7)21-30-24(5)14-12-17-34(30)40(37)39/h12-22,25-26H,8-11,23H2,1-7H3/q+1. The van der Waals surface area contributed by atoms with Gasteiger partial charge in [0.2, 0.25) is 16.7 Å². The van der Waals surface area contributed by atoms with E-state index in [9.17, 15) is 0 Å². The molecule has 0 radical (unpaired) electrons. The first-order valence-corrected chi connectivity index (χ1v) is 15.8. The summed E-state index contributed by atoms with van der Waals surface area (Å²) in [6.07, 6.45) is 11.2. The Morgan fingerprint density at radius 2 is 1.52 bits per heavy atom. The number of aromatic nitrogens is 1. The highest BCUT2D eigenvalue weighted by atomic mass is 15.1. The zero-order chi connectivity index (χ0) is 28.0. The summed E-state index contributed by atoms with van der Waals surface area (Å²) in [6.45, 7) is 16.7. The van der Waals surface area contributed by atoms with E-state index in [1.54, 1.807) is 11.1 Å². The number of allylic oxidation sites excluding steroid dienone is 4. The van der Waals surface area contributed by atoms with E-state index in [1.165, 1.54) is 80.9 Å². The molecular weight excluding hydrogens is 482 g/mol. The predicted molar refractivity (Wildman–Crippen MR) is 170 cm³/mol. The van der Waals surface area contributed by atoms with Crippen LogP contribution in [0.15, 0.2) is 77.9 Å². The van der Waals surface area contributed by atoms with Crippen LogP contribution >= 0.6 is 0 Å². The van der Waals surface area contributed by atoms with Crippen molar-refractivity contribution >= 4 is 21.7 Å². The highest BCUT2D eigenvalue weighted by molar-refractivity contribution is 6.05. The second-order valence-electron chi connectivity index (χ2n) is 13.3. The minimum absolute atomic E-state index is 0.0746. The van der Waals surface area contributed by atoms with Crippen LogP contribution in [0.5, 0.6) is 0 Å². The van der Waals surface area contributed by atoms with Crippen molar-refractivity contribution in [2.45, 2.75) is 91.5 Å². The van der Waals surface area contributed by atoms with E-state index in [2.05, 4.69) is 120 Å². The SMILES string of the molecule is CCC(CC)C1=CC2(CC(C(CC)CC)=C1)c1ccc3cccc4c3c1-c1c(cc3c(C)cccc3[n+]12)C4(C)C. The third-order valence-electron chi connectivity index (χ3n) is 11.0. The Morgan fingerprint density at radius 1 is 0.800 bits per heavy atom. The monoisotopic (exact) mass is 526 g/mol. The molecule has 1 heteroatoms. The smallest absolute Gasteiger partial charge is 0.177 e. The highest BCUT2D eigenvalue weighted by Gasteiger charge is 2.57. The highest BCUT2D eigenvalue weighted by Crippen LogP contribution is 2.57. The molecule has 1 aromatic heterocycles. The van der Waals surface area contributed by atoms with Crippen LogP contribution in [0.2, 0.25) is 0 Å². The molecule has 1 unspecified atom stereocenters. The molecule has 0 saturated heterocycles. The number of hydrogen-bond acceptors (Lipinski definition) is 0. The normalized spacial score (nSPS) is 20.2. The summed E-state index contributed by atoms with van der Waals surface area (Å²) in [5.74, 6) is 1.21. The van der Waals surface area contributed by atoms with Crippen molar-refractivity contribution in [2.24, 2.45) is 11.8 Å². The van der Waals surface area contributed by atoms with E-state index >= 15 is 0 Å². The Morgan fingerprint density at radius 3 is 2.25 bits per heavy atom. The number of hydrogen-bond donors (Lipinski definition) is 0. The fourth-order valence-electron chi connectivity index (χ4n) is 8.74. The van der Waals surface area contributed by atoms with E-state index in [0.717, 1.165) is 6.42 Å². The number of rotatable bonds is 6. The maximum Gasteiger partial charge on any atom is 0.219 e. The molecule has 1 atom stereocenters. The summed E-state index contributed by atoms with van der Waals surface area (Å²) in [5.41, 5.74) is 13.1. The number of pyridine rings is 1. The molecule has 0 fully saturated rings. The zero-order valence-electron chi connectivity index (χ0n) is 25.5. The number of nitrogens with zero attached hydrogens (tertiary/aromatic N) is 1. The molecule has 3 aromatic carbocycles. The Kier molecular flexibility index (Phi) is 5.73. The third kappa shape index (κ3) is 3.18. The van der Waals surface area contributed by atoms with E-state index < -0.39 is 0 Å². The van der Waals surface area contributed by atoms with Gasteiger partial charge < -0.3 is 0 Å². The summed E-state index contributed by atoms with van der Waals surface area (Å²) in [4.78, 5) is 0. The minimum Gasteiger partial charge on any atom is -0.177 e. The van der Waals surface area contributed by atoms with Crippen LogP contribution in [0.25, 0.3) is 32.9 Å². The van der Waals surface area contributed by atoms with E-state index in [1.807, 2.05) is 0 Å². The van der Waals surface area contributed by atoms with Gasteiger partial charge in [0.05, 0.1) is 5.56 Å². The maximum atomic E-state index is 2.82. The van der Waals surface area contributed by atoms with Gasteiger partial charge in [-0.15, -0.1) is 0 Å². The molecule has 1 nitrogen and oxygen atoms in total. The van der Waals surface area contributed by atoms with Crippen LogP contribution < -0.4 is 4.57 Å². The van der Waals surface area contributed by atoms with Gasteiger partial charge in [-0.1, -0.05) is 95.7 Å². The molecule has 0 N–H and O–H groups in total. The van der Waals surface area contributed by atoms with Crippen LogP contribution in [0.3, 0.4) is 0 Å². The first-order chi connectivity index (χ1) is 19.3. The molecule has 7 rings (SSSR count). The lowest BCUT2D eigenvalue weighted by molar-refractivity contribution is -0.703. The van der Waals surface area contributed by atoms with Crippen LogP contribution in [0.1, 0.15) is 95.9 Å². The van der Waals surface area contributed by atoms with Gasteiger partial charge in [0, 0.05) is 39.8 Å². The molecule has 4 aromatic rings. The topological polar surface area (TPSA) is 3.88 Å².